The van der Waals surface area contributed by atoms with Crippen molar-refractivity contribution in [1.82, 2.24) is 5.32 Å². The topological polar surface area (TPSA) is 84.5 Å². The van der Waals surface area contributed by atoms with Crippen LogP contribution in [0.2, 0.25) is 0 Å². The maximum atomic E-state index is 12.6. The zero-order chi connectivity index (χ0) is 22.3. The third-order valence-corrected chi connectivity index (χ3v) is 6.24. The third-order valence-electron chi connectivity index (χ3n) is 4.84. The fourth-order valence-corrected chi connectivity index (χ4v) is 3.97. The molecule has 0 heterocycles. The summed E-state index contributed by atoms with van der Waals surface area (Å²) in [6.45, 7) is 4.28. The molecule has 0 aromatic heterocycles. The summed E-state index contributed by atoms with van der Waals surface area (Å²) >= 11 is 0. The predicted octanol–water partition coefficient (Wildman–Crippen LogP) is 3.84. The van der Waals surface area contributed by atoms with E-state index in [1.54, 1.807) is 12.1 Å². The van der Waals surface area contributed by atoms with Crippen LogP contribution in [0, 0.1) is 13.8 Å². The highest BCUT2D eigenvalue weighted by Gasteiger charge is 2.15. The molecule has 0 bridgehead atoms. The van der Waals surface area contributed by atoms with Gasteiger partial charge in [0.25, 0.3) is 15.9 Å². The minimum Gasteiger partial charge on any atom is -0.484 e. The summed E-state index contributed by atoms with van der Waals surface area (Å²) in [5.74, 6) is 0.187. The Hall–Kier alpha value is -3.32. The molecule has 0 unspecified atom stereocenters. The predicted molar refractivity (Wildman–Crippen MR) is 122 cm³/mol. The molecule has 1 amide bonds. The standard InChI is InChI=1S/C24H26N2O4S/c1-18-8-9-21(16-19(18)2)26-31(28,29)23-12-10-22(11-13-23)30-17-24(27)25-15-14-20-6-4-3-5-7-20/h3-13,16,26H,14-15,17H2,1-2H3,(H,25,27). The van der Waals surface area contributed by atoms with Gasteiger partial charge in [-0.15, -0.1) is 0 Å². The summed E-state index contributed by atoms with van der Waals surface area (Å²) in [5, 5.41) is 2.80. The number of hydrogen-bond donors (Lipinski definition) is 2. The van der Waals surface area contributed by atoms with Gasteiger partial charge < -0.3 is 10.1 Å². The molecular weight excluding hydrogens is 412 g/mol. The van der Waals surface area contributed by atoms with Crippen molar-refractivity contribution in [2.24, 2.45) is 0 Å². The van der Waals surface area contributed by atoms with E-state index in [-0.39, 0.29) is 17.4 Å². The molecule has 7 heteroatoms. The minimum atomic E-state index is -3.71. The highest BCUT2D eigenvalue weighted by Crippen LogP contribution is 2.21. The van der Waals surface area contributed by atoms with Gasteiger partial charge in [-0.2, -0.15) is 0 Å². The van der Waals surface area contributed by atoms with Crippen LogP contribution in [-0.2, 0) is 21.2 Å². The van der Waals surface area contributed by atoms with Crippen LogP contribution in [0.3, 0.4) is 0 Å². The molecule has 3 rings (SSSR count). The van der Waals surface area contributed by atoms with Crippen LogP contribution in [0.1, 0.15) is 16.7 Å². The highest BCUT2D eigenvalue weighted by molar-refractivity contribution is 7.92. The van der Waals surface area contributed by atoms with Crippen molar-refractivity contribution in [2.75, 3.05) is 17.9 Å². The first-order chi connectivity index (χ1) is 14.8. The fourth-order valence-electron chi connectivity index (χ4n) is 2.92. The number of rotatable bonds is 9. The SMILES string of the molecule is Cc1ccc(NS(=O)(=O)c2ccc(OCC(=O)NCCc3ccccc3)cc2)cc1C. The molecule has 0 aliphatic carbocycles. The molecule has 31 heavy (non-hydrogen) atoms. The molecule has 3 aromatic rings. The summed E-state index contributed by atoms with van der Waals surface area (Å²) in [6.07, 6.45) is 0.743. The van der Waals surface area contributed by atoms with Crippen LogP contribution in [0.4, 0.5) is 5.69 Å². The average Bonchev–Trinajstić information content (AvgIpc) is 2.76. The first-order valence-electron chi connectivity index (χ1n) is 9.97. The number of amides is 1. The van der Waals surface area contributed by atoms with E-state index in [9.17, 15) is 13.2 Å². The lowest BCUT2D eigenvalue weighted by atomic mass is 10.1. The second-order valence-electron chi connectivity index (χ2n) is 7.25. The molecule has 0 fully saturated rings. The van der Waals surface area contributed by atoms with Crippen LogP contribution in [0.25, 0.3) is 0 Å². The number of anilines is 1. The maximum Gasteiger partial charge on any atom is 0.261 e. The summed E-state index contributed by atoms with van der Waals surface area (Å²) in [7, 11) is -3.71. The van der Waals surface area contributed by atoms with Crippen molar-refractivity contribution >= 4 is 21.6 Å². The average molecular weight is 439 g/mol. The molecule has 0 radical (unpaired) electrons. The van der Waals surface area contributed by atoms with Crippen molar-refractivity contribution < 1.29 is 17.9 Å². The summed E-state index contributed by atoms with van der Waals surface area (Å²) in [5.41, 5.74) is 3.75. The van der Waals surface area contributed by atoms with Crippen molar-refractivity contribution in [1.29, 1.82) is 0 Å². The van der Waals surface area contributed by atoms with Gasteiger partial charge in [-0.25, -0.2) is 8.42 Å². The van der Waals surface area contributed by atoms with Crippen molar-refractivity contribution in [3.8, 4) is 5.75 Å². The molecule has 0 saturated heterocycles. The van der Waals surface area contributed by atoms with E-state index in [0.29, 0.717) is 18.0 Å². The third kappa shape index (κ3) is 6.58. The van der Waals surface area contributed by atoms with Gasteiger partial charge in [0, 0.05) is 12.2 Å². The number of carbonyl (C=O) groups is 1. The van der Waals surface area contributed by atoms with Gasteiger partial charge in [0.2, 0.25) is 0 Å². The molecule has 3 aromatic carbocycles. The van der Waals surface area contributed by atoms with E-state index >= 15 is 0 Å². The van der Waals surface area contributed by atoms with Gasteiger partial charge in [0.1, 0.15) is 5.75 Å². The second kappa shape index (κ2) is 10.1. The summed E-state index contributed by atoms with van der Waals surface area (Å²) in [4.78, 5) is 12.1. The monoisotopic (exact) mass is 438 g/mol. The Bertz CT molecular complexity index is 1130. The number of benzene rings is 3. The smallest absolute Gasteiger partial charge is 0.261 e. The van der Waals surface area contributed by atoms with Gasteiger partial charge in [-0.3, -0.25) is 9.52 Å². The molecule has 0 aliphatic rings. The normalized spacial score (nSPS) is 11.0. The number of ether oxygens (including phenoxy) is 1. The van der Waals surface area contributed by atoms with Gasteiger partial charge in [-0.1, -0.05) is 36.4 Å². The van der Waals surface area contributed by atoms with E-state index in [1.165, 1.54) is 24.3 Å². The lowest BCUT2D eigenvalue weighted by Gasteiger charge is -2.11. The summed E-state index contributed by atoms with van der Waals surface area (Å²) in [6, 6.07) is 21.2. The molecule has 0 atom stereocenters. The Labute approximate surface area is 183 Å². The fraction of sp³-hybridized carbons (Fsp3) is 0.208. The molecule has 0 saturated carbocycles. The van der Waals surface area contributed by atoms with Crippen molar-refractivity contribution in [2.45, 2.75) is 25.2 Å². The van der Waals surface area contributed by atoms with Gasteiger partial charge in [0.15, 0.2) is 6.61 Å². The summed E-state index contributed by atoms with van der Waals surface area (Å²) < 4.78 is 33.2. The van der Waals surface area contributed by atoms with E-state index < -0.39 is 10.0 Å². The Balaban J connectivity index is 1.49. The molecular formula is C24H26N2O4S. The van der Waals surface area contributed by atoms with E-state index in [0.717, 1.165) is 23.1 Å². The lowest BCUT2D eigenvalue weighted by Crippen LogP contribution is -2.30. The maximum absolute atomic E-state index is 12.6. The van der Waals surface area contributed by atoms with Crippen LogP contribution in [0.5, 0.6) is 5.75 Å². The number of aryl methyl sites for hydroxylation is 2. The van der Waals surface area contributed by atoms with Gasteiger partial charge >= 0.3 is 0 Å². The lowest BCUT2D eigenvalue weighted by molar-refractivity contribution is -0.123. The largest absolute Gasteiger partial charge is 0.484 e. The van der Waals surface area contributed by atoms with Crippen LogP contribution in [-0.4, -0.2) is 27.5 Å². The van der Waals surface area contributed by atoms with Crippen molar-refractivity contribution in [3.05, 3.63) is 89.5 Å². The van der Waals surface area contributed by atoms with Gasteiger partial charge in [-0.05, 0) is 73.4 Å². The number of sulfonamides is 1. The first kappa shape index (κ1) is 22.4. The zero-order valence-electron chi connectivity index (χ0n) is 17.6. The Morgan fingerprint density at radius 3 is 2.29 bits per heavy atom. The molecule has 0 aliphatic heterocycles. The van der Waals surface area contributed by atoms with E-state index in [4.69, 9.17) is 4.74 Å². The quantitative estimate of drug-likeness (QED) is 0.532. The number of nitrogens with one attached hydrogen (secondary N) is 2. The first-order valence-corrected chi connectivity index (χ1v) is 11.5. The molecule has 6 nitrogen and oxygen atoms in total. The highest BCUT2D eigenvalue weighted by atomic mass is 32.2. The van der Waals surface area contributed by atoms with Crippen LogP contribution >= 0.6 is 0 Å². The Morgan fingerprint density at radius 1 is 0.903 bits per heavy atom. The zero-order valence-corrected chi connectivity index (χ0v) is 18.4. The minimum absolute atomic E-state index is 0.116. The van der Waals surface area contributed by atoms with E-state index in [1.807, 2.05) is 50.2 Å². The second-order valence-corrected chi connectivity index (χ2v) is 8.93. The molecule has 2 N–H and O–H groups in total. The number of carbonyl (C=O) groups excluding carboxylic acids is 1. The molecule has 0 spiro atoms. The van der Waals surface area contributed by atoms with Gasteiger partial charge in [0.05, 0.1) is 4.90 Å². The number of hydrogen-bond acceptors (Lipinski definition) is 4. The molecule has 162 valence electrons. The Morgan fingerprint density at radius 2 is 1.61 bits per heavy atom. The Kier molecular flexibility index (Phi) is 7.31. The van der Waals surface area contributed by atoms with Crippen LogP contribution in [0.15, 0.2) is 77.7 Å². The van der Waals surface area contributed by atoms with Crippen LogP contribution < -0.4 is 14.8 Å². The van der Waals surface area contributed by atoms with Crippen molar-refractivity contribution in [3.63, 3.8) is 0 Å². The van der Waals surface area contributed by atoms with E-state index in [2.05, 4.69) is 10.0 Å².